The van der Waals surface area contributed by atoms with E-state index in [4.69, 9.17) is 29.4 Å². The Labute approximate surface area is 267 Å². The summed E-state index contributed by atoms with van der Waals surface area (Å²) in [5.41, 5.74) is 6.07. The second-order valence-electron chi connectivity index (χ2n) is 11.1. The molecular formula is C29H47N5O12. The highest BCUT2D eigenvalue weighted by atomic mass is 16.8. The number of esters is 1. The summed E-state index contributed by atoms with van der Waals surface area (Å²) in [7, 11) is 4.31. The number of piperidine rings is 1. The van der Waals surface area contributed by atoms with Crippen LogP contribution in [0.15, 0.2) is 41.6 Å². The number of allylic oxidation sites excluding steroid dienone is 1. The maximum atomic E-state index is 12.9. The lowest BCUT2D eigenvalue weighted by Crippen LogP contribution is -2.61. The first kappa shape index (κ1) is 37.3. The molecule has 3 aliphatic heterocycles. The number of methoxy groups -OCH3 is 1. The summed E-state index contributed by atoms with van der Waals surface area (Å²) in [6.07, 6.45) is -1.63. The standard InChI is InChI=1S/C29H47N5O12/c1-5-16-17(7-6-15-10-34(8-9-35)11-18(25(39)40)21(15)33-29(30)32-3)19(26(41)42-4)13-43-27(16)46-28-24(44-14-31-2)23(38)22(37)20(12-36)45-28/h5-7,13,15-18,20-24,27-28,31,35-38H,1,8-12,14H2,2-4H3,(H,39,40)(H3,30,32,33)/t15?,16-,17+,18?,20-,21?,22-,23+,24+,27-,28+/m1/s1. The number of nitrogens with two attached hydrogens (primary N) is 1. The van der Waals surface area contributed by atoms with Gasteiger partial charge >= 0.3 is 11.9 Å². The van der Waals surface area contributed by atoms with Gasteiger partial charge in [-0.25, -0.2) is 4.79 Å². The van der Waals surface area contributed by atoms with Gasteiger partial charge in [0.05, 0.1) is 56.8 Å². The Hall–Kier alpha value is -3.13. The van der Waals surface area contributed by atoms with E-state index in [1.165, 1.54) is 26.5 Å². The zero-order valence-electron chi connectivity index (χ0n) is 26.2. The Morgan fingerprint density at radius 1 is 1.22 bits per heavy atom. The number of aliphatic imine (C=N–C) groups is 1. The highest BCUT2D eigenvalue weighted by Crippen LogP contribution is 2.37. The molecule has 3 aliphatic rings. The van der Waals surface area contributed by atoms with Gasteiger partial charge in [-0.2, -0.15) is 0 Å². The predicted molar refractivity (Wildman–Crippen MR) is 162 cm³/mol. The molecule has 0 aromatic heterocycles. The number of aliphatic hydroxyl groups excluding tert-OH is 4. The summed E-state index contributed by atoms with van der Waals surface area (Å²) in [6, 6.07) is -0.684. The van der Waals surface area contributed by atoms with E-state index in [9.17, 15) is 35.1 Å². The second-order valence-corrected chi connectivity index (χ2v) is 11.1. The van der Waals surface area contributed by atoms with Crippen LogP contribution in [0.25, 0.3) is 0 Å². The number of aliphatic carboxylic acids is 1. The van der Waals surface area contributed by atoms with E-state index in [1.54, 1.807) is 19.2 Å². The Morgan fingerprint density at radius 3 is 2.54 bits per heavy atom. The molecule has 2 saturated heterocycles. The van der Waals surface area contributed by atoms with Gasteiger partial charge < -0.3 is 60.3 Å². The summed E-state index contributed by atoms with van der Waals surface area (Å²) in [4.78, 5) is 30.9. The van der Waals surface area contributed by atoms with Crippen LogP contribution in [0.1, 0.15) is 0 Å². The smallest absolute Gasteiger partial charge is 0.337 e. The zero-order valence-corrected chi connectivity index (χ0v) is 26.2. The summed E-state index contributed by atoms with van der Waals surface area (Å²) >= 11 is 0. The third-order valence-corrected chi connectivity index (χ3v) is 8.30. The topological polar surface area (TPSA) is 247 Å². The number of carbonyl (C=O) groups excluding carboxylic acids is 1. The van der Waals surface area contributed by atoms with Crippen molar-refractivity contribution in [1.29, 1.82) is 0 Å². The quantitative estimate of drug-likeness (QED) is 0.0303. The van der Waals surface area contributed by atoms with Gasteiger partial charge in [0.2, 0.25) is 6.29 Å². The molecule has 0 amide bonds. The van der Waals surface area contributed by atoms with E-state index in [2.05, 4.69) is 22.2 Å². The maximum absolute atomic E-state index is 12.9. The molecule has 0 spiro atoms. The lowest BCUT2D eigenvalue weighted by molar-refractivity contribution is -0.345. The minimum atomic E-state index is -1.48. The van der Waals surface area contributed by atoms with E-state index in [-0.39, 0.29) is 38.0 Å². The van der Waals surface area contributed by atoms with Crippen LogP contribution in [0.5, 0.6) is 0 Å². The van der Waals surface area contributed by atoms with E-state index < -0.39 is 85.3 Å². The minimum absolute atomic E-state index is 0.0237. The fourth-order valence-corrected chi connectivity index (χ4v) is 5.87. The molecule has 260 valence electrons. The number of carbonyl (C=O) groups is 2. The number of aliphatic hydroxyl groups is 4. The van der Waals surface area contributed by atoms with E-state index >= 15 is 0 Å². The summed E-state index contributed by atoms with van der Waals surface area (Å²) < 4.78 is 28.3. The maximum Gasteiger partial charge on any atom is 0.337 e. The molecule has 0 aromatic carbocycles. The number of nitrogens with one attached hydrogen (secondary N) is 2. The van der Waals surface area contributed by atoms with E-state index in [0.717, 1.165) is 0 Å². The van der Waals surface area contributed by atoms with Gasteiger partial charge in [0, 0.05) is 38.5 Å². The number of carboxylic acid groups (broad SMARTS) is 1. The second kappa shape index (κ2) is 17.7. The molecule has 3 heterocycles. The lowest BCUT2D eigenvalue weighted by Gasteiger charge is -2.44. The highest BCUT2D eigenvalue weighted by molar-refractivity contribution is 5.89. The third kappa shape index (κ3) is 8.81. The molecule has 46 heavy (non-hydrogen) atoms. The number of nitrogens with zero attached hydrogens (tertiary/aromatic N) is 2. The monoisotopic (exact) mass is 657 g/mol. The number of likely N-dealkylation sites (tertiary alicyclic amines) is 1. The van der Waals surface area contributed by atoms with Gasteiger partial charge in [-0.05, 0) is 7.05 Å². The van der Waals surface area contributed by atoms with Gasteiger partial charge in [-0.15, -0.1) is 6.58 Å². The molecule has 0 radical (unpaired) electrons. The molecule has 0 aromatic rings. The molecule has 3 unspecified atom stereocenters. The van der Waals surface area contributed by atoms with Crippen LogP contribution in [0.2, 0.25) is 0 Å². The lowest BCUT2D eigenvalue weighted by atomic mass is 9.79. The fourth-order valence-electron chi connectivity index (χ4n) is 5.87. The largest absolute Gasteiger partial charge is 0.481 e. The Bertz CT molecular complexity index is 1120. The van der Waals surface area contributed by atoms with Crippen LogP contribution >= 0.6 is 0 Å². The predicted octanol–water partition coefficient (Wildman–Crippen LogP) is -3.08. The number of hydrogen-bond acceptors (Lipinski definition) is 14. The fraction of sp³-hybridized carbons (Fsp3) is 0.690. The average Bonchev–Trinajstić information content (AvgIpc) is 3.05. The van der Waals surface area contributed by atoms with Gasteiger partial charge in [-0.1, -0.05) is 18.2 Å². The first-order valence-corrected chi connectivity index (χ1v) is 14.9. The van der Waals surface area contributed by atoms with Gasteiger partial charge in [0.25, 0.3) is 0 Å². The van der Waals surface area contributed by atoms with Crippen LogP contribution < -0.4 is 16.4 Å². The van der Waals surface area contributed by atoms with Crippen molar-refractivity contribution in [2.45, 2.75) is 43.0 Å². The molecule has 9 N–H and O–H groups in total. The van der Waals surface area contributed by atoms with Crippen molar-refractivity contribution in [1.82, 2.24) is 15.5 Å². The van der Waals surface area contributed by atoms with E-state index in [0.29, 0.717) is 6.54 Å². The van der Waals surface area contributed by atoms with Crippen LogP contribution in [0.3, 0.4) is 0 Å². The van der Waals surface area contributed by atoms with Crippen LogP contribution in [0.4, 0.5) is 0 Å². The molecular weight excluding hydrogens is 610 g/mol. The number of guanidine groups is 1. The van der Waals surface area contributed by atoms with Gasteiger partial charge in [0.1, 0.15) is 24.4 Å². The van der Waals surface area contributed by atoms with Crippen molar-refractivity contribution in [2.75, 3.05) is 60.8 Å². The minimum Gasteiger partial charge on any atom is -0.481 e. The number of β-amino-alcohol motifs (C(OH)–C–C–N with tert-alkyl or cyclic N) is 1. The summed E-state index contributed by atoms with van der Waals surface area (Å²) in [5.74, 6) is -4.60. The first-order chi connectivity index (χ1) is 22.0. The first-order valence-electron chi connectivity index (χ1n) is 14.9. The Morgan fingerprint density at radius 2 is 1.96 bits per heavy atom. The van der Waals surface area contributed by atoms with E-state index in [1.807, 2.05) is 4.90 Å². The van der Waals surface area contributed by atoms with Crippen molar-refractivity contribution in [3.8, 4) is 0 Å². The number of rotatable bonds is 14. The molecule has 2 fully saturated rings. The molecule has 3 rings (SSSR count). The average molecular weight is 658 g/mol. The highest BCUT2D eigenvalue weighted by Gasteiger charge is 2.49. The molecule has 0 aliphatic carbocycles. The van der Waals surface area contributed by atoms with Crippen molar-refractivity contribution >= 4 is 17.9 Å². The van der Waals surface area contributed by atoms with Gasteiger partial charge in [0.15, 0.2) is 12.2 Å². The molecule has 17 heteroatoms. The molecule has 11 atom stereocenters. The molecule has 0 saturated carbocycles. The van der Waals surface area contributed by atoms with Crippen molar-refractivity contribution in [3.63, 3.8) is 0 Å². The third-order valence-electron chi connectivity index (χ3n) is 8.30. The zero-order chi connectivity index (χ0) is 34.0. The normalized spacial score (nSPS) is 35.7. The Kier molecular flexibility index (Phi) is 14.4. The number of ether oxygens (including phenoxy) is 5. The van der Waals surface area contributed by atoms with Gasteiger partial charge in [-0.3, -0.25) is 20.0 Å². The summed E-state index contributed by atoms with van der Waals surface area (Å²) in [5, 5.41) is 56.3. The van der Waals surface area contributed by atoms with Crippen molar-refractivity contribution in [2.24, 2.45) is 34.4 Å². The van der Waals surface area contributed by atoms with Crippen molar-refractivity contribution < 1.29 is 58.8 Å². The molecule has 17 nitrogen and oxygen atoms in total. The molecule has 0 bridgehead atoms. The van der Waals surface area contributed by atoms with Crippen LogP contribution in [-0.2, 0) is 33.3 Å². The number of hydrogen-bond donors (Lipinski definition) is 8. The van der Waals surface area contributed by atoms with Crippen LogP contribution in [0, 0.1) is 23.7 Å². The van der Waals surface area contributed by atoms with Crippen molar-refractivity contribution in [3.05, 3.63) is 36.6 Å². The Balaban J connectivity index is 1.97. The van der Waals surface area contributed by atoms with Crippen LogP contribution in [-0.4, -0.2) is 152 Å². The SMILES string of the molecule is C=C[C@H]1[C@@H](O[C@@H]2O[C@H](CO)[C@@H](O)[C@H](O)[C@@H]2OCNC)OC=C(C(=O)OC)[C@H]1C=CC1CN(CCO)CC(C(=O)O)C1NC(N)=NC. The number of carboxylic acids is 1. The summed E-state index contributed by atoms with van der Waals surface area (Å²) in [6.45, 7) is 3.88.